The molecule has 0 bridgehead atoms. The summed E-state index contributed by atoms with van der Waals surface area (Å²) in [6.45, 7) is 8.38. The Kier molecular flexibility index (Phi) is 5.81. The third-order valence-corrected chi connectivity index (χ3v) is 4.83. The van der Waals surface area contributed by atoms with Crippen LogP contribution in [0.1, 0.15) is 26.2 Å². The number of likely N-dealkylation sites (N-methyl/N-ethyl adjacent to an activating group) is 1. The normalized spacial score (nSPS) is 33.0. The number of carbonyl (C=O) groups excluding carboxylic acids is 1. The average molecular weight is 282 g/mol. The molecule has 2 fully saturated rings. The molecule has 1 saturated carbocycles. The lowest BCUT2D eigenvalue weighted by atomic mass is 9.79. The fourth-order valence-electron chi connectivity index (χ4n) is 3.25. The predicted molar refractivity (Wildman–Crippen MR) is 81.4 cm³/mol. The van der Waals surface area contributed by atoms with Gasteiger partial charge in [-0.05, 0) is 32.2 Å². The molecule has 3 N–H and O–H groups in total. The van der Waals surface area contributed by atoms with Crippen LogP contribution in [0.2, 0.25) is 0 Å². The molecule has 0 aromatic carbocycles. The Bertz CT molecular complexity index is 315. The number of amides is 1. The maximum Gasteiger partial charge on any atom is 0.224 e. The van der Waals surface area contributed by atoms with Crippen molar-refractivity contribution in [2.45, 2.75) is 32.2 Å². The fourth-order valence-corrected chi connectivity index (χ4v) is 3.25. The summed E-state index contributed by atoms with van der Waals surface area (Å²) in [7, 11) is 2.16. The smallest absolute Gasteiger partial charge is 0.224 e. The van der Waals surface area contributed by atoms with Crippen LogP contribution in [0, 0.1) is 11.8 Å². The number of nitrogens with one attached hydrogen (secondary N) is 1. The topological polar surface area (TPSA) is 61.6 Å². The van der Waals surface area contributed by atoms with E-state index in [9.17, 15) is 4.79 Å². The molecule has 116 valence electrons. The lowest BCUT2D eigenvalue weighted by Crippen LogP contribution is -2.49. The van der Waals surface area contributed by atoms with Crippen LogP contribution in [0.25, 0.3) is 0 Å². The van der Waals surface area contributed by atoms with Crippen molar-refractivity contribution in [1.29, 1.82) is 0 Å². The van der Waals surface area contributed by atoms with E-state index in [1.54, 1.807) is 0 Å². The Morgan fingerprint density at radius 2 is 1.95 bits per heavy atom. The first kappa shape index (κ1) is 15.7. The van der Waals surface area contributed by atoms with E-state index in [1.165, 1.54) is 0 Å². The molecule has 1 aliphatic heterocycles. The summed E-state index contributed by atoms with van der Waals surface area (Å²) in [6.07, 6.45) is 3.09. The zero-order chi connectivity index (χ0) is 14.5. The summed E-state index contributed by atoms with van der Waals surface area (Å²) in [5.41, 5.74) is 6.10. The van der Waals surface area contributed by atoms with E-state index in [-0.39, 0.29) is 17.9 Å². The summed E-state index contributed by atoms with van der Waals surface area (Å²) < 4.78 is 0. The maximum atomic E-state index is 12.2. The first-order valence-corrected chi connectivity index (χ1v) is 8.00. The summed E-state index contributed by atoms with van der Waals surface area (Å²) >= 11 is 0. The first-order chi connectivity index (χ1) is 9.56. The highest BCUT2D eigenvalue weighted by atomic mass is 16.1. The standard InChI is InChI=1S/C15H30N4O/c1-12-3-4-14(16)13(11-12)15(20)17-5-6-19-9-7-18(2)8-10-19/h12-14H,3-11,16H2,1-2H3,(H,17,20). The summed E-state index contributed by atoms with van der Waals surface area (Å²) in [4.78, 5) is 17.0. The van der Waals surface area contributed by atoms with Crippen molar-refractivity contribution in [1.82, 2.24) is 15.1 Å². The Morgan fingerprint density at radius 1 is 1.25 bits per heavy atom. The molecular weight excluding hydrogens is 252 g/mol. The largest absolute Gasteiger partial charge is 0.355 e. The number of rotatable bonds is 4. The van der Waals surface area contributed by atoms with E-state index < -0.39 is 0 Å². The number of nitrogens with zero attached hydrogens (tertiary/aromatic N) is 2. The Balaban J connectivity index is 1.67. The maximum absolute atomic E-state index is 12.2. The molecule has 5 heteroatoms. The number of carbonyl (C=O) groups is 1. The molecule has 2 aliphatic rings. The molecule has 0 radical (unpaired) electrons. The van der Waals surface area contributed by atoms with Crippen LogP contribution < -0.4 is 11.1 Å². The monoisotopic (exact) mass is 282 g/mol. The average Bonchev–Trinajstić information content (AvgIpc) is 2.43. The number of hydrogen-bond acceptors (Lipinski definition) is 4. The Labute approximate surface area is 122 Å². The molecule has 2 rings (SSSR count). The van der Waals surface area contributed by atoms with Gasteiger partial charge in [0.25, 0.3) is 0 Å². The highest BCUT2D eigenvalue weighted by molar-refractivity contribution is 5.79. The summed E-state index contributed by atoms with van der Waals surface area (Å²) in [5.74, 6) is 0.813. The van der Waals surface area contributed by atoms with Gasteiger partial charge in [-0.15, -0.1) is 0 Å². The van der Waals surface area contributed by atoms with E-state index in [2.05, 4.69) is 29.1 Å². The van der Waals surface area contributed by atoms with Gasteiger partial charge in [0, 0.05) is 45.3 Å². The SMILES string of the molecule is CC1CCC(N)C(C(=O)NCCN2CCN(C)CC2)C1. The van der Waals surface area contributed by atoms with Gasteiger partial charge < -0.3 is 16.0 Å². The molecule has 1 aliphatic carbocycles. The van der Waals surface area contributed by atoms with Gasteiger partial charge in [-0.2, -0.15) is 0 Å². The molecule has 0 aromatic heterocycles. The van der Waals surface area contributed by atoms with E-state index >= 15 is 0 Å². The minimum atomic E-state index is 0.0197. The van der Waals surface area contributed by atoms with Gasteiger partial charge in [0.05, 0.1) is 5.92 Å². The fraction of sp³-hybridized carbons (Fsp3) is 0.933. The van der Waals surface area contributed by atoms with Crippen molar-refractivity contribution in [3.8, 4) is 0 Å². The quantitative estimate of drug-likeness (QED) is 0.768. The van der Waals surface area contributed by atoms with Gasteiger partial charge in [-0.25, -0.2) is 0 Å². The van der Waals surface area contributed by atoms with Gasteiger partial charge in [-0.1, -0.05) is 6.92 Å². The van der Waals surface area contributed by atoms with Gasteiger partial charge in [0.1, 0.15) is 0 Å². The zero-order valence-corrected chi connectivity index (χ0v) is 13.0. The lowest BCUT2D eigenvalue weighted by Gasteiger charge is -2.33. The molecule has 0 spiro atoms. The van der Waals surface area contributed by atoms with E-state index in [0.717, 1.165) is 58.5 Å². The molecule has 1 amide bonds. The molecule has 3 atom stereocenters. The summed E-state index contributed by atoms with van der Waals surface area (Å²) in [6, 6.07) is 0.0508. The predicted octanol–water partition coefficient (Wildman–Crippen LogP) is 0.114. The second-order valence-corrected chi connectivity index (χ2v) is 6.62. The second kappa shape index (κ2) is 7.38. The van der Waals surface area contributed by atoms with Crippen LogP contribution in [-0.4, -0.2) is 68.1 Å². The van der Waals surface area contributed by atoms with Crippen LogP contribution in [0.15, 0.2) is 0 Å². The van der Waals surface area contributed by atoms with Crippen LogP contribution >= 0.6 is 0 Å². The number of hydrogen-bond donors (Lipinski definition) is 2. The molecule has 3 unspecified atom stereocenters. The van der Waals surface area contributed by atoms with Crippen LogP contribution in [-0.2, 0) is 4.79 Å². The van der Waals surface area contributed by atoms with Crippen molar-refractivity contribution in [3.05, 3.63) is 0 Å². The molecule has 0 aromatic rings. The first-order valence-electron chi connectivity index (χ1n) is 8.00. The highest BCUT2D eigenvalue weighted by Gasteiger charge is 2.31. The Hall–Kier alpha value is -0.650. The van der Waals surface area contributed by atoms with Crippen molar-refractivity contribution in [2.75, 3.05) is 46.3 Å². The molecule has 1 saturated heterocycles. The van der Waals surface area contributed by atoms with E-state index in [1.807, 2.05) is 0 Å². The third kappa shape index (κ3) is 4.43. The summed E-state index contributed by atoms with van der Waals surface area (Å²) in [5, 5.41) is 3.09. The molecular formula is C15H30N4O. The van der Waals surface area contributed by atoms with Crippen molar-refractivity contribution >= 4 is 5.91 Å². The second-order valence-electron chi connectivity index (χ2n) is 6.62. The van der Waals surface area contributed by atoms with Gasteiger partial charge in [0.15, 0.2) is 0 Å². The molecule has 1 heterocycles. The van der Waals surface area contributed by atoms with Crippen LogP contribution in [0.4, 0.5) is 0 Å². The lowest BCUT2D eigenvalue weighted by molar-refractivity contribution is -0.127. The Morgan fingerprint density at radius 3 is 2.65 bits per heavy atom. The highest BCUT2D eigenvalue weighted by Crippen LogP contribution is 2.27. The van der Waals surface area contributed by atoms with Gasteiger partial charge in [-0.3, -0.25) is 9.69 Å². The van der Waals surface area contributed by atoms with Gasteiger partial charge in [0.2, 0.25) is 5.91 Å². The third-order valence-electron chi connectivity index (χ3n) is 4.83. The number of nitrogens with two attached hydrogens (primary N) is 1. The number of piperazine rings is 1. The van der Waals surface area contributed by atoms with Gasteiger partial charge >= 0.3 is 0 Å². The van der Waals surface area contributed by atoms with Crippen LogP contribution in [0.5, 0.6) is 0 Å². The molecule has 5 nitrogen and oxygen atoms in total. The minimum absolute atomic E-state index is 0.0197. The zero-order valence-electron chi connectivity index (χ0n) is 13.0. The van der Waals surface area contributed by atoms with E-state index in [4.69, 9.17) is 5.73 Å². The van der Waals surface area contributed by atoms with Crippen molar-refractivity contribution in [2.24, 2.45) is 17.6 Å². The van der Waals surface area contributed by atoms with Crippen molar-refractivity contribution in [3.63, 3.8) is 0 Å². The van der Waals surface area contributed by atoms with E-state index in [0.29, 0.717) is 5.92 Å². The molecule has 20 heavy (non-hydrogen) atoms. The van der Waals surface area contributed by atoms with Crippen LogP contribution in [0.3, 0.4) is 0 Å². The minimum Gasteiger partial charge on any atom is -0.355 e. The van der Waals surface area contributed by atoms with Crippen molar-refractivity contribution < 1.29 is 4.79 Å².